The van der Waals surface area contributed by atoms with Crippen LogP contribution in [0.5, 0.6) is 5.75 Å². The van der Waals surface area contributed by atoms with E-state index in [-0.39, 0.29) is 39.7 Å². The molecular formula is C29H26Cl2F5N3O4. The van der Waals surface area contributed by atoms with Gasteiger partial charge in [-0.15, -0.1) is 0 Å². The number of rotatable bonds is 10. The number of carbonyl (C=O) groups is 3. The highest BCUT2D eigenvalue weighted by molar-refractivity contribution is 6.34. The van der Waals surface area contributed by atoms with Gasteiger partial charge in [-0.1, -0.05) is 35.3 Å². The van der Waals surface area contributed by atoms with E-state index in [9.17, 15) is 36.3 Å². The highest BCUT2D eigenvalue weighted by atomic mass is 35.5. The van der Waals surface area contributed by atoms with Gasteiger partial charge < -0.3 is 20.7 Å². The second kappa shape index (κ2) is 13.6. The summed E-state index contributed by atoms with van der Waals surface area (Å²) in [4.78, 5) is 38.4. The van der Waals surface area contributed by atoms with E-state index >= 15 is 0 Å². The third-order valence-electron chi connectivity index (χ3n) is 6.30. The molecule has 0 radical (unpaired) electrons. The van der Waals surface area contributed by atoms with Crippen LogP contribution in [0.25, 0.3) is 0 Å². The summed E-state index contributed by atoms with van der Waals surface area (Å²) in [7, 11) is 0. The average Bonchev–Trinajstić information content (AvgIpc) is 2.92. The lowest BCUT2D eigenvalue weighted by Gasteiger charge is -2.26. The van der Waals surface area contributed by atoms with Crippen molar-refractivity contribution < 1.29 is 41.1 Å². The van der Waals surface area contributed by atoms with Gasteiger partial charge in [0, 0.05) is 22.9 Å². The number of ether oxygens (including phenoxy) is 1. The number of hydrogen-bond donors (Lipinski definition) is 3. The van der Waals surface area contributed by atoms with E-state index in [1.54, 1.807) is 19.1 Å². The SMILES string of the molecule is Cc1ccc(Cl)cc1NC(=O)c1cc(NC(=O)c2cc(CNC(=O)C(C)(C)C(F)(F)F)ccc2Cl)ccc1OCC(F)F. The monoisotopic (exact) mass is 645 g/mol. The number of amides is 3. The van der Waals surface area contributed by atoms with Crippen molar-refractivity contribution in [1.29, 1.82) is 0 Å². The minimum atomic E-state index is -4.77. The molecule has 0 unspecified atom stereocenters. The van der Waals surface area contributed by atoms with E-state index in [2.05, 4.69) is 16.0 Å². The molecule has 0 aromatic heterocycles. The molecule has 3 N–H and O–H groups in total. The normalized spacial score (nSPS) is 11.7. The van der Waals surface area contributed by atoms with Crippen LogP contribution in [0, 0.1) is 12.3 Å². The minimum Gasteiger partial charge on any atom is -0.487 e. The zero-order chi connectivity index (χ0) is 32.1. The van der Waals surface area contributed by atoms with Crippen LogP contribution < -0.4 is 20.7 Å². The highest BCUT2D eigenvalue weighted by Crippen LogP contribution is 2.37. The zero-order valence-electron chi connectivity index (χ0n) is 23.0. The van der Waals surface area contributed by atoms with Crippen molar-refractivity contribution in [1.82, 2.24) is 5.32 Å². The maximum atomic E-state index is 13.2. The molecule has 0 bridgehead atoms. The number of benzene rings is 3. The molecule has 0 heterocycles. The average molecular weight is 646 g/mol. The topological polar surface area (TPSA) is 96.5 Å². The Morgan fingerprint density at radius 2 is 1.56 bits per heavy atom. The first-order valence-corrected chi connectivity index (χ1v) is 13.3. The Morgan fingerprint density at radius 3 is 2.21 bits per heavy atom. The van der Waals surface area contributed by atoms with E-state index in [4.69, 9.17) is 27.9 Å². The maximum Gasteiger partial charge on any atom is 0.402 e. The number of nitrogens with one attached hydrogen (secondary N) is 3. The Morgan fingerprint density at radius 1 is 0.884 bits per heavy atom. The predicted octanol–water partition coefficient (Wildman–Crippen LogP) is 7.66. The fourth-order valence-electron chi connectivity index (χ4n) is 3.57. The standard InChI is InChI=1S/C29H26Cl2F5N3O4/c1-15-4-6-17(30)11-22(15)39-26(41)20-12-18(7-9-23(20)43-14-24(32)33)38-25(40)19-10-16(5-8-21(19)31)13-37-27(42)28(2,3)29(34,35)36/h4-12,24H,13-14H2,1-3H3,(H,37,42)(H,38,40)(H,39,41). The molecule has 3 amide bonds. The van der Waals surface area contributed by atoms with Crippen LogP contribution in [-0.4, -0.2) is 36.9 Å². The van der Waals surface area contributed by atoms with Gasteiger partial charge in [0.25, 0.3) is 18.2 Å². The van der Waals surface area contributed by atoms with E-state index in [0.29, 0.717) is 16.3 Å². The smallest absolute Gasteiger partial charge is 0.402 e. The number of halogens is 7. The van der Waals surface area contributed by atoms with Crippen LogP contribution in [-0.2, 0) is 11.3 Å². The Labute approximate surface area is 253 Å². The van der Waals surface area contributed by atoms with Crippen molar-refractivity contribution in [2.24, 2.45) is 5.41 Å². The summed E-state index contributed by atoms with van der Waals surface area (Å²) in [6.45, 7) is 1.91. The Hall–Kier alpha value is -3.90. The third kappa shape index (κ3) is 8.57. The molecule has 3 rings (SSSR count). The Kier molecular flexibility index (Phi) is 10.6. The van der Waals surface area contributed by atoms with Crippen LogP contribution in [0.3, 0.4) is 0 Å². The summed E-state index contributed by atoms with van der Waals surface area (Å²) < 4.78 is 70.3. The Bertz CT molecular complexity index is 1530. The molecule has 0 atom stereocenters. The molecule has 0 aliphatic rings. The largest absolute Gasteiger partial charge is 0.487 e. The fourth-order valence-corrected chi connectivity index (χ4v) is 3.94. The first kappa shape index (κ1) is 33.6. The second-order valence-electron chi connectivity index (χ2n) is 9.90. The molecule has 43 heavy (non-hydrogen) atoms. The Balaban J connectivity index is 1.83. The minimum absolute atomic E-state index is 0.00511. The molecule has 7 nitrogen and oxygen atoms in total. The number of alkyl halides is 5. The maximum absolute atomic E-state index is 13.2. The number of hydrogen-bond acceptors (Lipinski definition) is 4. The first-order chi connectivity index (χ1) is 20.0. The number of anilines is 2. The highest BCUT2D eigenvalue weighted by Gasteiger charge is 2.52. The molecule has 3 aromatic rings. The van der Waals surface area contributed by atoms with Gasteiger partial charge >= 0.3 is 6.18 Å². The lowest BCUT2D eigenvalue weighted by Crippen LogP contribution is -2.46. The summed E-state index contributed by atoms with van der Waals surface area (Å²) in [5.74, 6) is -2.92. The number of carbonyl (C=O) groups excluding carboxylic acids is 3. The van der Waals surface area contributed by atoms with Gasteiger partial charge in [-0.05, 0) is 74.4 Å². The first-order valence-electron chi connectivity index (χ1n) is 12.6. The van der Waals surface area contributed by atoms with Crippen LogP contribution in [0.4, 0.5) is 33.3 Å². The summed E-state index contributed by atoms with van der Waals surface area (Å²) in [6.07, 6.45) is -7.59. The van der Waals surface area contributed by atoms with E-state index in [1.165, 1.54) is 42.5 Å². The van der Waals surface area contributed by atoms with Crippen LogP contribution >= 0.6 is 23.2 Å². The molecule has 0 fully saturated rings. The van der Waals surface area contributed by atoms with Gasteiger partial charge in [-0.3, -0.25) is 14.4 Å². The molecular weight excluding hydrogens is 620 g/mol. The van der Waals surface area contributed by atoms with Crippen molar-refractivity contribution in [3.8, 4) is 5.75 Å². The lowest BCUT2D eigenvalue weighted by molar-refractivity contribution is -0.211. The molecule has 0 saturated heterocycles. The molecule has 3 aromatic carbocycles. The third-order valence-corrected chi connectivity index (χ3v) is 6.86. The second-order valence-corrected chi connectivity index (χ2v) is 10.7. The van der Waals surface area contributed by atoms with Crippen LogP contribution in [0.15, 0.2) is 54.6 Å². The summed E-state index contributed by atoms with van der Waals surface area (Å²) >= 11 is 12.2. The van der Waals surface area contributed by atoms with Gasteiger partial charge in [0.05, 0.1) is 16.1 Å². The fraction of sp³-hybridized carbons (Fsp3) is 0.276. The van der Waals surface area contributed by atoms with Crippen molar-refractivity contribution in [2.75, 3.05) is 17.2 Å². The van der Waals surface area contributed by atoms with E-state index in [0.717, 1.165) is 13.8 Å². The number of aryl methyl sites for hydroxylation is 1. The van der Waals surface area contributed by atoms with E-state index < -0.39 is 42.3 Å². The van der Waals surface area contributed by atoms with Crippen LogP contribution in [0.1, 0.15) is 45.7 Å². The molecule has 14 heteroatoms. The molecule has 0 aliphatic carbocycles. The van der Waals surface area contributed by atoms with Gasteiger partial charge in [0.2, 0.25) is 5.91 Å². The van der Waals surface area contributed by atoms with Crippen molar-refractivity contribution in [2.45, 2.75) is 39.9 Å². The summed E-state index contributed by atoms with van der Waals surface area (Å²) in [6, 6.07) is 12.6. The zero-order valence-corrected chi connectivity index (χ0v) is 24.5. The summed E-state index contributed by atoms with van der Waals surface area (Å²) in [5, 5.41) is 7.72. The molecule has 230 valence electrons. The van der Waals surface area contributed by atoms with Gasteiger partial charge in [0.15, 0.2) is 0 Å². The van der Waals surface area contributed by atoms with Crippen molar-refractivity contribution in [3.05, 3.63) is 86.9 Å². The van der Waals surface area contributed by atoms with Crippen molar-refractivity contribution in [3.63, 3.8) is 0 Å². The lowest BCUT2D eigenvalue weighted by atomic mass is 9.91. The van der Waals surface area contributed by atoms with Crippen molar-refractivity contribution >= 4 is 52.3 Å². The molecule has 0 aliphatic heterocycles. The van der Waals surface area contributed by atoms with Crippen LogP contribution in [0.2, 0.25) is 10.0 Å². The quantitative estimate of drug-likeness (QED) is 0.197. The summed E-state index contributed by atoms with van der Waals surface area (Å²) in [5.41, 5.74) is -1.50. The van der Waals surface area contributed by atoms with Gasteiger partial charge in [-0.2, -0.15) is 13.2 Å². The molecule has 0 saturated carbocycles. The predicted molar refractivity (Wildman–Crippen MR) is 153 cm³/mol. The van der Waals surface area contributed by atoms with Gasteiger partial charge in [0.1, 0.15) is 17.8 Å². The van der Waals surface area contributed by atoms with Gasteiger partial charge in [-0.25, -0.2) is 8.78 Å². The molecule has 0 spiro atoms. The van der Waals surface area contributed by atoms with E-state index in [1.807, 2.05) is 0 Å².